The Balaban J connectivity index is 1.73. The Labute approximate surface area is 213 Å². The number of piperazine rings is 1. The van der Waals surface area contributed by atoms with E-state index < -0.39 is 17.3 Å². The predicted molar refractivity (Wildman–Crippen MR) is 141 cm³/mol. The SMILES string of the molecule is CC(C)c1ccccc1-n1c(=O)nc2c3c(cc(-c4c(F)cccc4F)cc31)OC[C@@H]1CN[C@H](C)CN21. The first-order valence-corrected chi connectivity index (χ1v) is 12.6. The van der Waals surface area contributed by atoms with Gasteiger partial charge in [-0.2, -0.15) is 4.98 Å². The van der Waals surface area contributed by atoms with Gasteiger partial charge < -0.3 is 15.0 Å². The van der Waals surface area contributed by atoms with Crippen molar-refractivity contribution >= 4 is 16.7 Å². The summed E-state index contributed by atoms with van der Waals surface area (Å²) in [6, 6.07) is 15.0. The van der Waals surface area contributed by atoms with Crippen LogP contribution < -0.4 is 20.6 Å². The van der Waals surface area contributed by atoms with E-state index in [1.165, 1.54) is 18.2 Å². The lowest BCUT2D eigenvalue weighted by atomic mass is 9.99. The number of benzene rings is 3. The number of nitrogens with one attached hydrogen (secondary N) is 1. The second kappa shape index (κ2) is 8.95. The van der Waals surface area contributed by atoms with Gasteiger partial charge in [-0.3, -0.25) is 4.57 Å². The molecule has 0 aliphatic carbocycles. The van der Waals surface area contributed by atoms with E-state index in [1.807, 2.05) is 24.3 Å². The fourth-order valence-corrected chi connectivity index (χ4v) is 5.50. The first-order chi connectivity index (χ1) is 17.8. The molecule has 2 aliphatic heterocycles. The van der Waals surface area contributed by atoms with Crippen molar-refractivity contribution in [1.82, 2.24) is 14.9 Å². The van der Waals surface area contributed by atoms with Crippen molar-refractivity contribution in [1.29, 1.82) is 0 Å². The molecule has 190 valence electrons. The average Bonchev–Trinajstić information content (AvgIpc) is 3.01. The van der Waals surface area contributed by atoms with E-state index in [0.717, 1.165) is 5.56 Å². The Morgan fingerprint density at radius 1 is 1.08 bits per heavy atom. The van der Waals surface area contributed by atoms with E-state index in [4.69, 9.17) is 4.74 Å². The molecule has 0 radical (unpaired) electrons. The molecule has 6 rings (SSSR count). The third-order valence-corrected chi connectivity index (χ3v) is 7.31. The maximum Gasteiger partial charge on any atom is 0.354 e. The summed E-state index contributed by atoms with van der Waals surface area (Å²) in [5.41, 5.74) is 1.86. The predicted octanol–water partition coefficient (Wildman–Crippen LogP) is 5.01. The van der Waals surface area contributed by atoms with Crippen LogP contribution in [-0.2, 0) is 0 Å². The number of hydrogen-bond acceptors (Lipinski definition) is 5. The van der Waals surface area contributed by atoms with Crippen molar-refractivity contribution < 1.29 is 13.5 Å². The van der Waals surface area contributed by atoms with Crippen molar-refractivity contribution in [3.63, 3.8) is 0 Å². The average molecular weight is 503 g/mol. The Hall–Kier alpha value is -3.78. The first kappa shape index (κ1) is 23.6. The van der Waals surface area contributed by atoms with E-state index >= 15 is 0 Å². The molecule has 4 aromatic rings. The monoisotopic (exact) mass is 502 g/mol. The summed E-state index contributed by atoms with van der Waals surface area (Å²) in [5.74, 6) is -0.224. The number of hydrogen-bond donors (Lipinski definition) is 1. The molecule has 3 heterocycles. The van der Waals surface area contributed by atoms with Crippen LogP contribution in [0.3, 0.4) is 0 Å². The van der Waals surface area contributed by atoms with Gasteiger partial charge in [-0.05, 0) is 54.3 Å². The molecule has 2 atom stereocenters. The summed E-state index contributed by atoms with van der Waals surface area (Å²) in [6.45, 7) is 7.89. The maximum atomic E-state index is 14.9. The number of para-hydroxylation sites is 1. The maximum absolute atomic E-state index is 14.9. The zero-order chi connectivity index (χ0) is 25.8. The minimum atomic E-state index is -0.679. The van der Waals surface area contributed by atoms with Crippen LogP contribution in [0.2, 0.25) is 0 Å². The molecule has 37 heavy (non-hydrogen) atoms. The molecule has 1 fully saturated rings. The zero-order valence-electron chi connectivity index (χ0n) is 21.0. The molecule has 0 bridgehead atoms. The van der Waals surface area contributed by atoms with Crippen LogP contribution in [-0.4, -0.2) is 41.3 Å². The molecule has 1 aromatic heterocycles. The van der Waals surface area contributed by atoms with Crippen molar-refractivity contribution in [2.45, 2.75) is 38.8 Å². The van der Waals surface area contributed by atoms with Crippen molar-refractivity contribution in [2.24, 2.45) is 0 Å². The van der Waals surface area contributed by atoms with Gasteiger partial charge in [-0.15, -0.1) is 0 Å². The number of rotatable bonds is 3. The number of halogens is 2. The van der Waals surface area contributed by atoms with Gasteiger partial charge >= 0.3 is 5.69 Å². The second-order valence-electron chi connectivity index (χ2n) is 10.2. The number of aromatic nitrogens is 2. The normalized spacial score (nSPS) is 19.0. The molecule has 0 saturated carbocycles. The van der Waals surface area contributed by atoms with Crippen molar-refractivity contribution in [2.75, 3.05) is 24.6 Å². The van der Waals surface area contributed by atoms with Crippen LogP contribution in [0.15, 0.2) is 59.4 Å². The molecular formula is C29H28F2N4O2. The van der Waals surface area contributed by atoms with Crippen LogP contribution in [0.25, 0.3) is 27.7 Å². The standard InChI is InChI=1S/C29H28F2N4O2/c1-16(2)20-7-4-5-10-23(20)35-24-11-18(26-21(30)8-6-9-22(26)31)12-25-27(24)28(33-29(35)36)34-14-17(3)32-13-19(34)15-37-25/h4-12,16-17,19,32H,13-15H2,1-3H3/t17-,19+/m1/s1. The molecule has 6 nitrogen and oxygen atoms in total. The largest absolute Gasteiger partial charge is 0.491 e. The van der Waals surface area contributed by atoms with Gasteiger partial charge in [0.05, 0.1) is 28.2 Å². The lowest BCUT2D eigenvalue weighted by Gasteiger charge is -2.38. The molecule has 0 unspecified atom stereocenters. The number of nitrogens with zero attached hydrogens (tertiary/aromatic N) is 3. The number of fused-ring (bicyclic) bond motifs is 2. The van der Waals surface area contributed by atoms with E-state index in [0.29, 0.717) is 53.4 Å². The smallest absolute Gasteiger partial charge is 0.354 e. The van der Waals surface area contributed by atoms with Crippen molar-refractivity contribution in [3.05, 3.63) is 82.3 Å². The zero-order valence-corrected chi connectivity index (χ0v) is 21.0. The van der Waals surface area contributed by atoms with Gasteiger partial charge in [-0.1, -0.05) is 38.1 Å². The van der Waals surface area contributed by atoms with Gasteiger partial charge in [-0.25, -0.2) is 13.6 Å². The minimum Gasteiger partial charge on any atom is -0.491 e. The van der Waals surface area contributed by atoms with Crippen LogP contribution >= 0.6 is 0 Å². The summed E-state index contributed by atoms with van der Waals surface area (Å²) in [7, 11) is 0. The van der Waals surface area contributed by atoms with Crippen molar-refractivity contribution in [3.8, 4) is 22.6 Å². The molecule has 8 heteroatoms. The third kappa shape index (κ3) is 3.87. The summed E-state index contributed by atoms with van der Waals surface area (Å²) in [6.07, 6.45) is 0. The summed E-state index contributed by atoms with van der Waals surface area (Å²) in [4.78, 5) is 20.5. The van der Waals surface area contributed by atoms with E-state index in [9.17, 15) is 13.6 Å². The Kier molecular flexibility index (Phi) is 5.71. The Morgan fingerprint density at radius 3 is 2.59 bits per heavy atom. The molecule has 3 aromatic carbocycles. The molecule has 1 saturated heterocycles. The van der Waals surface area contributed by atoms with Gasteiger partial charge in [0.25, 0.3) is 0 Å². The lowest BCUT2D eigenvalue weighted by Crippen LogP contribution is -2.57. The molecule has 1 N–H and O–H groups in total. The van der Waals surface area contributed by atoms with E-state index in [2.05, 4.69) is 36.0 Å². The minimum absolute atomic E-state index is 0.0360. The second-order valence-corrected chi connectivity index (χ2v) is 10.2. The molecule has 0 amide bonds. The topological polar surface area (TPSA) is 59.4 Å². The highest BCUT2D eigenvalue weighted by Crippen LogP contribution is 2.41. The van der Waals surface area contributed by atoms with Gasteiger partial charge in [0.1, 0.15) is 29.8 Å². The third-order valence-electron chi connectivity index (χ3n) is 7.31. The quantitative estimate of drug-likeness (QED) is 0.427. The molecule has 2 aliphatic rings. The summed E-state index contributed by atoms with van der Waals surface area (Å²) < 4.78 is 37.7. The lowest BCUT2D eigenvalue weighted by molar-refractivity contribution is 0.263. The van der Waals surface area contributed by atoms with Gasteiger partial charge in [0, 0.05) is 19.1 Å². The fraction of sp³-hybridized carbons (Fsp3) is 0.310. The highest BCUT2D eigenvalue weighted by molar-refractivity contribution is 5.99. The Morgan fingerprint density at radius 2 is 1.84 bits per heavy atom. The summed E-state index contributed by atoms with van der Waals surface area (Å²) in [5, 5.41) is 4.12. The number of anilines is 1. The highest BCUT2D eigenvalue weighted by Gasteiger charge is 2.34. The Bertz CT molecular complexity index is 1560. The highest BCUT2D eigenvalue weighted by atomic mass is 19.1. The van der Waals surface area contributed by atoms with Crippen LogP contribution in [0.1, 0.15) is 32.3 Å². The fourth-order valence-electron chi connectivity index (χ4n) is 5.50. The first-order valence-electron chi connectivity index (χ1n) is 12.6. The summed E-state index contributed by atoms with van der Waals surface area (Å²) >= 11 is 0. The van der Waals surface area contributed by atoms with Crippen LogP contribution in [0.4, 0.5) is 14.6 Å². The van der Waals surface area contributed by atoms with Gasteiger partial charge in [0.2, 0.25) is 0 Å². The van der Waals surface area contributed by atoms with Crippen LogP contribution in [0, 0.1) is 11.6 Å². The van der Waals surface area contributed by atoms with E-state index in [-0.39, 0.29) is 23.6 Å². The van der Waals surface area contributed by atoms with E-state index in [1.54, 1.807) is 16.7 Å². The van der Waals surface area contributed by atoms with Crippen LogP contribution in [0.5, 0.6) is 5.75 Å². The van der Waals surface area contributed by atoms with Gasteiger partial charge in [0.15, 0.2) is 0 Å². The molecule has 0 spiro atoms. The number of ether oxygens (including phenoxy) is 1. The molecular weight excluding hydrogens is 474 g/mol.